The number of ketones is 1. The smallest absolute Gasteiger partial charge is 0.363 e. The fraction of sp³-hybridized carbons (Fsp3) is 0.294. The number of nitrogens with one attached hydrogen (secondary N) is 2. The number of aliphatic hydroxyl groups is 1. The fourth-order valence-corrected chi connectivity index (χ4v) is 4.18. The Kier molecular flexibility index (Phi) is 5.39. The molecule has 1 aromatic carbocycles. The molecule has 1 saturated heterocycles. The molecule has 0 radical (unpaired) electrons. The lowest BCUT2D eigenvalue weighted by atomic mass is 9.77. The maximum Gasteiger partial charge on any atom is 0.437 e. The van der Waals surface area contributed by atoms with Gasteiger partial charge in [0.1, 0.15) is 5.92 Å². The highest BCUT2D eigenvalue weighted by Gasteiger charge is 2.66. The highest BCUT2D eigenvalue weighted by molar-refractivity contribution is 7.80. The van der Waals surface area contributed by atoms with Crippen molar-refractivity contribution in [3.63, 3.8) is 0 Å². The molecule has 1 aromatic heterocycles. The summed E-state index contributed by atoms with van der Waals surface area (Å²) in [7, 11) is 0. The Morgan fingerprint density at radius 2 is 1.76 bits per heavy atom. The Balaban J connectivity index is 2.24. The van der Waals surface area contributed by atoms with Gasteiger partial charge in [0.15, 0.2) is 10.9 Å². The molecule has 3 atom stereocenters. The number of thiocarbonyl (C=S) groups is 1. The predicted molar refractivity (Wildman–Crippen MR) is 96.2 cm³/mol. The minimum absolute atomic E-state index is 0.149. The highest BCUT2D eigenvalue weighted by Crippen LogP contribution is 2.46. The number of halogens is 6. The van der Waals surface area contributed by atoms with Crippen LogP contribution in [-0.4, -0.2) is 27.9 Å². The Bertz CT molecular complexity index is 929. The van der Waals surface area contributed by atoms with Crippen LogP contribution in [0.15, 0.2) is 41.8 Å². The van der Waals surface area contributed by atoms with Crippen LogP contribution in [0.4, 0.5) is 26.3 Å². The number of benzene rings is 1. The quantitative estimate of drug-likeness (QED) is 0.371. The summed E-state index contributed by atoms with van der Waals surface area (Å²) in [6.45, 7) is 0. The van der Waals surface area contributed by atoms with Gasteiger partial charge < -0.3 is 15.7 Å². The molecular weight excluding hydrogens is 442 g/mol. The van der Waals surface area contributed by atoms with Crippen LogP contribution in [0.1, 0.15) is 26.8 Å². The summed E-state index contributed by atoms with van der Waals surface area (Å²) in [6, 6.07) is 4.62. The van der Waals surface area contributed by atoms with Crippen LogP contribution < -0.4 is 10.6 Å². The first kappa shape index (κ1) is 21.5. The average Bonchev–Trinajstić information content (AvgIpc) is 3.13. The van der Waals surface area contributed by atoms with Gasteiger partial charge in [-0.25, -0.2) is 0 Å². The highest BCUT2D eigenvalue weighted by atomic mass is 32.1. The minimum Gasteiger partial charge on any atom is -0.363 e. The third-order valence-corrected chi connectivity index (χ3v) is 5.56. The molecule has 1 fully saturated rings. The minimum atomic E-state index is -5.41. The van der Waals surface area contributed by atoms with E-state index in [2.05, 4.69) is 5.32 Å². The van der Waals surface area contributed by atoms with E-state index >= 15 is 0 Å². The van der Waals surface area contributed by atoms with E-state index in [0.29, 0.717) is 6.07 Å². The number of alkyl halides is 6. The number of carbonyl (C=O) groups excluding carboxylic acids is 1. The molecule has 0 amide bonds. The number of rotatable bonds is 3. The van der Waals surface area contributed by atoms with Crippen molar-refractivity contribution in [1.29, 1.82) is 0 Å². The maximum absolute atomic E-state index is 13.8. The zero-order valence-electron chi connectivity index (χ0n) is 14.1. The van der Waals surface area contributed by atoms with Crippen molar-refractivity contribution in [3.05, 3.63) is 57.8 Å². The van der Waals surface area contributed by atoms with Gasteiger partial charge in [-0.15, -0.1) is 11.3 Å². The van der Waals surface area contributed by atoms with E-state index in [-0.39, 0.29) is 4.88 Å². The van der Waals surface area contributed by atoms with Gasteiger partial charge in [0.2, 0.25) is 5.72 Å². The van der Waals surface area contributed by atoms with Crippen molar-refractivity contribution < 1.29 is 36.2 Å². The monoisotopic (exact) mass is 454 g/mol. The predicted octanol–water partition coefficient (Wildman–Crippen LogP) is 4.04. The van der Waals surface area contributed by atoms with Gasteiger partial charge in [-0.2, -0.15) is 26.3 Å². The van der Waals surface area contributed by atoms with Gasteiger partial charge in [-0.3, -0.25) is 4.79 Å². The molecule has 0 saturated carbocycles. The fourth-order valence-electron chi connectivity index (χ4n) is 3.20. The van der Waals surface area contributed by atoms with E-state index in [1.165, 1.54) is 23.6 Å². The number of Topliss-reactive ketones (excluding diaryl/α,β-unsaturated/α-hetero) is 1. The first-order chi connectivity index (χ1) is 13.4. The summed E-state index contributed by atoms with van der Waals surface area (Å²) in [5.41, 5.74) is -5.75. The van der Waals surface area contributed by atoms with Crippen LogP contribution in [-0.2, 0) is 6.18 Å². The zero-order chi connectivity index (χ0) is 21.6. The molecule has 0 spiro atoms. The molecule has 3 N–H and O–H groups in total. The second-order valence-corrected chi connectivity index (χ2v) is 7.60. The lowest BCUT2D eigenvalue weighted by molar-refractivity contribution is -0.285. The van der Waals surface area contributed by atoms with Crippen molar-refractivity contribution in [3.8, 4) is 0 Å². The molecule has 0 aliphatic carbocycles. The lowest BCUT2D eigenvalue weighted by Gasteiger charge is -2.46. The van der Waals surface area contributed by atoms with Crippen molar-refractivity contribution in [2.24, 2.45) is 5.92 Å². The van der Waals surface area contributed by atoms with Crippen LogP contribution >= 0.6 is 23.6 Å². The molecule has 12 heteroatoms. The van der Waals surface area contributed by atoms with E-state index in [0.717, 1.165) is 23.5 Å². The van der Waals surface area contributed by atoms with Gasteiger partial charge in [0.25, 0.3) is 0 Å². The molecule has 0 bridgehead atoms. The molecule has 2 heterocycles. The molecule has 4 nitrogen and oxygen atoms in total. The van der Waals surface area contributed by atoms with Crippen LogP contribution in [0.5, 0.6) is 0 Å². The van der Waals surface area contributed by atoms with Crippen LogP contribution in [0.3, 0.4) is 0 Å². The normalized spacial score (nSPS) is 25.3. The van der Waals surface area contributed by atoms with E-state index in [1.807, 2.05) is 0 Å². The molecule has 1 aliphatic heterocycles. The molecule has 2 aromatic rings. The number of thiophene rings is 1. The van der Waals surface area contributed by atoms with Gasteiger partial charge in [0.05, 0.1) is 16.5 Å². The maximum atomic E-state index is 13.8. The first-order valence-corrected chi connectivity index (χ1v) is 9.26. The van der Waals surface area contributed by atoms with Crippen LogP contribution in [0.2, 0.25) is 0 Å². The second-order valence-electron chi connectivity index (χ2n) is 6.24. The second kappa shape index (κ2) is 7.26. The Hall–Kier alpha value is -2.18. The van der Waals surface area contributed by atoms with Gasteiger partial charge in [0, 0.05) is 0 Å². The molecule has 3 unspecified atom stereocenters. The van der Waals surface area contributed by atoms with Crippen molar-refractivity contribution in [1.82, 2.24) is 10.6 Å². The topological polar surface area (TPSA) is 61.4 Å². The lowest BCUT2D eigenvalue weighted by Crippen LogP contribution is -2.72. The summed E-state index contributed by atoms with van der Waals surface area (Å²) in [4.78, 5) is 12.8. The van der Waals surface area contributed by atoms with Crippen molar-refractivity contribution >= 4 is 34.5 Å². The molecular formula is C17H12F6N2O2S2. The van der Waals surface area contributed by atoms with E-state index in [9.17, 15) is 36.2 Å². The van der Waals surface area contributed by atoms with Crippen LogP contribution in [0.25, 0.3) is 0 Å². The van der Waals surface area contributed by atoms with Gasteiger partial charge in [-0.05, 0) is 35.3 Å². The third-order valence-electron chi connectivity index (χ3n) is 4.45. The molecule has 3 rings (SSSR count). The van der Waals surface area contributed by atoms with E-state index in [4.69, 9.17) is 12.2 Å². The average molecular weight is 454 g/mol. The molecule has 29 heavy (non-hydrogen) atoms. The largest absolute Gasteiger partial charge is 0.437 e. The van der Waals surface area contributed by atoms with Gasteiger partial charge >= 0.3 is 12.4 Å². The van der Waals surface area contributed by atoms with Gasteiger partial charge in [-0.1, -0.05) is 24.3 Å². The van der Waals surface area contributed by atoms with E-state index < -0.39 is 52.1 Å². The SMILES string of the molecule is O=C(c1cccs1)C1C(c2ccccc2C(F)(F)F)NC(=S)NC1(O)C(F)(F)F. The number of hydrogen-bond donors (Lipinski definition) is 3. The molecule has 1 aliphatic rings. The Labute approximate surface area is 169 Å². The summed E-state index contributed by atoms with van der Waals surface area (Å²) < 4.78 is 81.9. The summed E-state index contributed by atoms with van der Waals surface area (Å²) in [5, 5.41) is 15.1. The summed E-state index contributed by atoms with van der Waals surface area (Å²) in [5.74, 6) is -3.55. The Morgan fingerprint density at radius 1 is 1.10 bits per heavy atom. The van der Waals surface area contributed by atoms with Crippen molar-refractivity contribution in [2.45, 2.75) is 24.1 Å². The third kappa shape index (κ3) is 3.83. The standard InChI is InChI=1S/C17H12F6N2O2S2/c18-16(19,20)9-5-2-1-4-8(9)12-11(13(26)10-6-3-7-29-10)15(27,17(21,22)23)25-14(28)24-12/h1-7,11-12,27H,(H2,24,25,28). The number of carbonyl (C=O) groups is 1. The zero-order valence-corrected chi connectivity index (χ0v) is 15.8. The summed E-state index contributed by atoms with van der Waals surface area (Å²) >= 11 is 5.51. The van der Waals surface area contributed by atoms with Crippen molar-refractivity contribution in [2.75, 3.05) is 0 Å². The Morgan fingerprint density at radius 3 is 2.31 bits per heavy atom. The van der Waals surface area contributed by atoms with E-state index in [1.54, 1.807) is 5.32 Å². The van der Waals surface area contributed by atoms with Crippen LogP contribution in [0, 0.1) is 5.92 Å². The molecule has 156 valence electrons. The first-order valence-electron chi connectivity index (χ1n) is 7.98. The number of hydrogen-bond acceptors (Lipinski definition) is 4. The summed E-state index contributed by atoms with van der Waals surface area (Å²) in [6.07, 6.45) is -10.3.